The van der Waals surface area contributed by atoms with Gasteiger partial charge in [-0.1, -0.05) is 29.8 Å². The van der Waals surface area contributed by atoms with E-state index in [1.165, 1.54) is 28.6 Å². The van der Waals surface area contributed by atoms with E-state index in [2.05, 4.69) is 10.1 Å². The zero-order valence-electron chi connectivity index (χ0n) is 18.6. The third-order valence-corrected chi connectivity index (χ3v) is 7.80. The first-order valence-electron chi connectivity index (χ1n) is 10.6. The highest BCUT2D eigenvalue weighted by Crippen LogP contribution is 2.28. The number of sulfonamides is 1. The molecule has 2 aromatic carbocycles. The molecule has 180 valence electrons. The molecule has 1 N–H and O–H groups in total. The second-order valence-electron chi connectivity index (χ2n) is 8.29. The predicted octanol–water partition coefficient (Wildman–Crippen LogP) is 4.48. The molecular formula is C23H27F3N2O4S. The molecular weight excluding hydrogens is 457 g/mol. The number of hydrogen-bond donors (Lipinski definition) is 1. The van der Waals surface area contributed by atoms with Crippen molar-refractivity contribution in [3.05, 3.63) is 59.2 Å². The Labute approximate surface area is 191 Å². The molecule has 3 rings (SSSR count). The van der Waals surface area contributed by atoms with Gasteiger partial charge in [-0.2, -0.15) is 4.31 Å². The largest absolute Gasteiger partial charge is 0.573 e. The summed E-state index contributed by atoms with van der Waals surface area (Å²) >= 11 is 0. The van der Waals surface area contributed by atoms with Gasteiger partial charge in [0.05, 0.1) is 10.9 Å². The van der Waals surface area contributed by atoms with E-state index in [1.807, 2.05) is 13.0 Å². The summed E-state index contributed by atoms with van der Waals surface area (Å²) < 4.78 is 68.2. The van der Waals surface area contributed by atoms with Gasteiger partial charge in [-0.15, -0.1) is 13.2 Å². The van der Waals surface area contributed by atoms with Crippen LogP contribution in [0, 0.1) is 19.8 Å². The summed E-state index contributed by atoms with van der Waals surface area (Å²) in [7, 11) is -3.63. The van der Waals surface area contributed by atoms with Gasteiger partial charge >= 0.3 is 6.36 Å². The number of amides is 1. The predicted molar refractivity (Wildman–Crippen MR) is 117 cm³/mol. The smallest absolute Gasteiger partial charge is 0.406 e. The lowest BCUT2D eigenvalue weighted by Crippen LogP contribution is -2.43. The number of alkyl halides is 3. The average Bonchev–Trinajstić information content (AvgIpc) is 2.73. The maximum Gasteiger partial charge on any atom is 0.573 e. The van der Waals surface area contributed by atoms with Gasteiger partial charge in [0.15, 0.2) is 0 Å². The number of hydrogen-bond acceptors (Lipinski definition) is 4. The standard InChI is InChI=1S/C23H27F3N2O4S/c1-15-4-9-21(16(2)14-15)33(30,31)28-12-10-19(11-13-28)22(29)27-17(3)18-5-7-20(8-6-18)32-23(24,25)26/h4-9,14,17,19H,10-13H2,1-3H3,(H,27,29). The second kappa shape index (κ2) is 9.72. The van der Waals surface area contributed by atoms with Crippen molar-refractivity contribution in [2.45, 2.75) is 50.9 Å². The number of nitrogens with zero attached hydrogens (tertiary/aromatic N) is 1. The van der Waals surface area contributed by atoms with Crippen LogP contribution in [0.2, 0.25) is 0 Å². The van der Waals surface area contributed by atoms with Crippen molar-refractivity contribution < 1.29 is 31.1 Å². The molecule has 0 radical (unpaired) electrons. The Morgan fingerprint density at radius 1 is 1.09 bits per heavy atom. The second-order valence-corrected chi connectivity index (χ2v) is 10.2. The van der Waals surface area contributed by atoms with Crippen molar-refractivity contribution in [1.29, 1.82) is 0 Å². The number of rotatable bonds is 6. The van der Waals surface area contributed by atoms with Gasteiger partial charge in [0.25, 0.3) is 0 Å². The molecule has 1 fully saturated rings. The van der Waals surface area contributed by atoms with E-state index in [4.69, 9.17) is 0 Å². The normalized spacial score (nSPS) is 16.9. The first kappa shape index (κ1) is 25.0. The Bertz CT molecular complexity index is 1090. The highest BCUT2D eigenvalue weighted by Gasteiger charge is 2.33. The molecule has 1 aliphatic heterocycles. The lowest BCUT2D eigenvalue weighted by atomic mass is 9.96. The SMILES string of the molecule is Cc1ccc(S(=O)(=O)N2CCC(C(=O)NC(C)c3ccc(OC(F)(F)F)cc3)CC2)c(C)c1. The van der Waals surface area contributed by atoms with Crippen LogP contribution in [0.3, 0.4) is 0 Å². The number of nitrogens with one attached hydrogen (secondary N) is 1. The number of carbonyl (C=O) groups excluding carboxylic acids is 1. The van der Waals surface area contributed by atoms with Crippen LogP contribution < -0.4 is 10.1 Å². The Morgan fingerprint density at radius 3 is 2.24 bits per heavy atom. The fourth-order valence-electron chi connectivity index (χ4n) is 3.96. The summed E-state index contributed by atoms with van der Waals surface area (Å²) in [6.45, 7) is 5.89. The number of benzene rings is 2. The number of halogens is 3. The Hall–Kier alpha value is -2.59. The first-order valence-corrected chi connectivity index (χ1v) is 12.0. The van der Waals surface area contributed by atoms with Crippen molar-refractivity contribution >= 4 is 15.9 Å². The Balaban J connectivity index is 1.57. The van der Waals surface area contributed by atoms with Crippen LogP contribution >= 0.6 is 0 Å². The summed E-state index contributed by atoms with van der Waals surface area (Å²) in [4.78, 5) is 13.0. The average molecular weight is 485 g/mol. The van der Waals surface area contributed by atoms with E-state index in [0.29, 0.717) is 24.0 Å². The Kier molecular flexibility index (Phi) is 7.38. The summed E-state index contributed by atoms with van der Waals surface area (Å²) in [6.07, 6.45) is -3.98. The van der Waals surface area contributed by atoms with E-state index in [0.717, 1.165) is 5.56 Å². The molecule has 33 heavy (non-hydrogen) atoms. The van der Waals surface area contributed by atoms with E-state index < -0.39 is 22.4 Å². The molecule has 0 aromatic heterocycles. The van der Waals surface area contributed by atoms with Gasteiger partial charge in [-0.25, -0.2) is 8.42 Å². The molecule has 10 heteroatoms. The van der Waals surface area contributed by atoms with Crippen LogP contribution in [0.5, 0.6) is 5.75 Å². The van der Waals surface area contributed by atoms with Crippen molar-refractivity contribution in [1.82, 2.24) is 9.62 Å². The highest BCUT2D eigenvalue weighted by molar-refractivity contribution is 7.89. The maximum absolute atomic E-state index is 13.0. The van der Waals surface area contributed by atoms with Crippen LogP contribution in [-0.2, 0) is 14.8 Å². The van der Waals surface area contributed by atoms with Crippen molar-refractivity contribution in [2.24, 2.45) is 5.92 Å². The van der Waals surface area contributed by atoms with Gasteiger partial charge < -0.3 is 10.1 Å². The fraction of sp³-hybridized carbons (Fsp3) is 0.435. The molecule has 1 saturated heterocycles. The third-order valence-electron chi connectivity index (χ3n) is 5.75. The third kappa shape index (κ3) is 6.26. The fourth-order valence-corrected chi connectivity index (χ4v) is 5.63. The zero-order valence-corrected chi connectivity index (χ0v) is 19.5. The van der Waals surface area contributed by atoms with Gasteiger partial charge in [0.1, 0.15) is 5.75 Å². The van der Waals surface area contributed by atoms with Crippen molar-refractivity contribution in [2.75, 3.05) is 13.1 Å². The molecule has 0 saturated carbocycles. The number of ether oxygens (including phenoxy) is 1. The van der Waals surface area contributed by atoms with Crippen LogP contribution in [0.4, 0.5) is 13.2 Å². The van der Waals surface area contributed by atoms with Crippen molar-refractivity contribution in [3.8, 4) is 5.75 Å². The lowest BCUT2D eigenvalue weighted by molar-refractivity contribution is -0.274. The van der Waals surface area contributed by atoms with Crippen LogP contribution in [0.25, 0.3) is 0 Å². The topological polar surface area (TPSA) is 75.7 Å². The van der Waals surface area contributed by atoms with Gasteiger partial charge in [-0.3, -0.25) is 4.79 Å². The molecule has 0 bridgehead atoms. The first-order chi connectivity index (χ1) is 15.4. The van der Waals surface area contributed by atoms with Gasteiger partial charge in [0.2, 0.25) is 15.9 Å². The van der Waals surface area contributed by atoms with Gasteiger partial charge in [0, 0.05) is 19.0 Å². The molecule has 1 aliphatic rings. The van der Waals surface area contributed by atoms with E-state index in [1.54, 1.807) is 26.0 Å². The number of carbonyl (C=O) groups is 1. The van der Waals surface area contributed by atoms with Crippen LogP contribution in [0.15, 0.2) is 47.4 Å². The minimum absolute atomic E-state index is 0.207. The van der Waals surface area contributed by atoms with Gasteiger partial charge in [-0.05, 0) is 62.9 Å². The molecule has 0 spiro atoms. The van der Waals surface area contributed by atoms with E-state index in [-0.39, 0.29) is 35.6 Å². The molecule has 6 nitrogen and oxygen atoms in total. The molecule has 1 atom stereocenters. The summed E-state index contributed by atoms with van der Waals surface area (Å²) in [5.74, 6) is -0.880. The number of piperidine rings is 1. The van der Waals surface area contributed by atoms with E-state index in [9.17, 15) is 26.4 Å². The summed E-state index contributed by atoms with van der Waals surface area (Å²) in [5, 5.41) is 2.86. The van der Waals surface area contributed by atoms with Crippen LogP contribution in [-0.4, -0.2) is 38.1 Å². The number of aryl methyl sites for hydroxylation is 2. The quantitative estimate of drug-likeness (QED) is 0.656. The summed E-state index contributed by atoms with van der Waals surface area (Å²) in [5.41, 5.74) is 2.31. The zero-order chi connectivity index (χ0) is 24.4. The molecule has 2 aromatic rings. The van der Waals surface area contributed by atoms with Crippen molar-refractivity contribution in [3.63, 3.8) is 0 Å². The Morgan fingerprint density at radius 2 is 1.70 bits per heavy atom. The van der Waals surface area contributed by atoms with E-state index >= 15 is 0 Å². The maximum atomic E-state index is 13.0. The lowest BCUT2D eigenvalue weighted by Gasteiger charge is -2.31. The molecule has 1 unspecified atom stereocenters. The molecule has 0 aliphatic carbocycles. The minimum atomic E-state index is -4.76. The minimum Gasteiger partial charge on any atom is -0.406 e. The molecule has 1 heterocycles. The summed E-state index contributed by atoms with van der Waals surface area (Å²) in [6, 6.07) is 10.1. The van der Waals surface area contributed by atoms with Crippen LogP contribution in [0.1, 0.15) is 42.5 Å². The monoisotopic (exact) mass is 484 g/mol. The molecule has 1 amide bonds. The highest BCUT2D eigenvalue weighted by atomic mass is 32.2.